The number of hydrogen-bond donors (Lipinski definition) is 2. The van der Waals surface area contributed by atoms with Crippen LogP contribution < -0.4 is 20.5 Å². The van der Waals surface area contributed by atoms with Gasteiger partial charge in [-0.25, -0.2) is 0 Å². The maximum Gasteiger partial charge on any atom is 0.243 e. The molecule has 7 heteroatoms. The predicted molar refractivity (Wildman–Crippen MR) is 77.7 cm³/mol. The Morgan fingerprint density at radius 3 is 2.70 bits per heavy atom. The van der Waals surface area contributed by atoms with Gasteiger partial charge in [0.05, 0.1) is 12.3 Å². The smallest absolute Gasteiger partial charge is 0.243 e. The molecular weight excluding hydrogens is 280 g/mol. The van der Waals surface area contributed by atoms with E-state index < -0.39 is 6.04 Å². The lowest BCUT2D eigenvalue weighted by molar-refractivity contribution is -0.118. The minimum absolute atomic E-state index is 0.172. The SMILES string of the molecule is COCC(N)C(=O)Nc1cc2c(cc1SC)OCCO2. The second-order valence-electron chi connectivity index (χ2n) is 4.25. The molecule has 0 saturated carbocycles. The zero-order valence-electron chi connectivity index (χ0n) is 11.5. The molecule has 1 heterocycles. The molecule has 0 aliphatic carbocycles. The van der Waals surface area contributed by atoms with Gasteiger partial charge in [0.2, 0.25) is 5.91 Å². The first kappa shape index (κ1) is 15.0. The molecule has 1 aromatic carbocycles. The van der Waals surface area contributed by atoms with E-state index in [0.717, 1.165) is 4.90 Å². The Kier molecular flexibility index (Phi) is 5.11. The molecule has 110 valence electrons. The van der Waals surface area contributed by atoms with Crippen LogP contribution in [0.25, 0.3) is 0 Å². The third-order valence-corrected chi connectivity index (χ3v) is 3.58. The number of carbonyl (C=O) groups excluding carboxylic acids is 1. The van der Waals surface area contributed by atoms with Gasteiger partial charge in [-0.2, -0.15) is 0 Å². The van der Waals surface area contributed by atoms with Gasteiger partial charge in [-0.15, -0.1) is 11.8 Å². The van der Waals surface area contributed by atoms with Gasteiger partial charge in [0.25, 0.3) is 0 Å². The fourth-order valence-electron chi connectivity index (χ4n) is 1.82. The summed E-state index contributed by atoms with van der Waals surface area (Å²) in [4.78, 5) is 12.8. The number of anilines is 1. The van der Waals surface area contributed by atoms with Gasteiger partial charge in [-0.3, -0.25) is 4.79 Å². The van der Waals surface area contributed by atoms with E-state index in [-0.39, 0.29) is 12.5 Å². The highest BCUT2D eigenvalue weighted by molar-refractivity contribution is 7.98. The molecule has 0 saturated heterocycles. The quantitative estimate of drug-likeness (QED) is 0.792. The molecular formula is C13H18N2O4S. The lowest BCUT2D eigenvalue weighted by atomic mass is 10.2. The average Bonchev–Trinajstić information content (AvgIpc) is 2.46. The lowest BCUT2D eigenvalue weighted by Crippen LogP contribution is -2.39. The van der Waals surface area contributed by atoms with Crippen molar-refractivity contribution in [1.29, 1.82) is 0 Å². The van der Waals surface area contributed by atoms with Gasteiger partial charge in [0.15, 0.2) is 11.5 Å². The summed E-state index contributed by atoms with van der Waals surface area (Å²) in [7, 11) is 1.50. The van der Waals surface area contributed by atoms with E-state index in [4.69, 9.17) is 19.9 Å². The molecule has 0 radical (unpaired) electrons. The normalized spacial score (nSPS) is 14.8. The fraction of sp³-hybridized carbons (Fsp3) is 0.462. The van der Waals surface area contributed by atoms with Crippen molar-refractivity contribution in [1.82, 2.24) is 0 Å². The minimum atomic E-state index is -0.706. The first-order valence-corrected chi connectivity index (χ1v) is 7.41. The Balaban J connectivity index is 2.20. The van der Waals surface area contributed by atoms with Crippen LogP contribution in [0.4, 0.5) is 5.69 Å². The molecule has 20 heavy (non-hydrogen) atoms. The van der Waals surface area contributed by atoms with Crippen molar-refractivity contribution in [2.75, 3.05) is 38.5 Å². The van der Waals surface area contributed by atoms with Crippen LogP contribution in [0.5, 0.6) is 11.5 Å². The number of fused-ring (bicyclic) bond motifs is 1. The molecule has 0 aromatic heterocycles. The van der Waals surface area contributed by atoms with Crippen LogP contribution in [-0.2, 0) is 9.53 Å². The Morgan fingerprint density at radius 1 is 1.45 bits per heavy atom. The van der Waals surface area contributed by atoms with Crippen LogP contribution in [0.15, 0.2) is 17.0 Å². The van der Waals surface area contributed by atoms with Crippen molar-refractivity contribution in [3.63, 3.8) is 0 Å². The molecule has 6 nitrogen and oxygen atoms in total. The zero-order chi connectivity index (χ0) is 14.5. The molecule has 1 atom stereocenters. The summed E-state index contributed by atoms with van der Waals surface area (Å²) in [5.74, 6) is 1.03. The van der Waals surface area contributed by atoms with E-state index >= 15 is 0 Å². The number of benzene rings is 1. The number of carbonyl (C=O) groups is 1. The van der Waals surface area contributed by atoms with Gasteiger partial charge in [-0.05, 0) is 12.3 Å². The van der Waals surface area contributed by atoms with E-state index in [9.17, 15) is 4.79 Å². The van der Waals surface area contributed by atoms with Gasteiger partial charge >= 0.3 is 0 Å². The summed E-state index contributed by atoms with van der Waals surface area (Å²) in [6.45, 7) is 1.21. The van der Waals surface area contributed by atoms with Gasteiger partial charge in [0.1, 0.15) is 19.3 Å². The third kappa shape index (κ3) is 3.36. The summed E-state index contributed by atoms with van der Waals surface area (Å²) in [6, 6.07) is 2.91. The predicted octanol–water partition coefficient (Wildman–Crippen LogP) is 1.09. The van der Waals surface area contributed by atoms with Crippen LogP contribution in [0, 0.1) is 0 Å². The average molecular weight is 298 g/mol. The number of nitrogens with one attached hydrogen (secondary N) is 1. The highest BCUT2D eigenvalue weighted by Crippen LogP contribution is 2.39. The largest absolute Gasteiger partial charge is 0.486 e. The van der Waals surface area contributed by atoms with Crippen molar-refractivity contribution < 1.29 is 19.0 Å². The van der Waals surface area contributed by atoms with E-state index in [1.54, 1.807) is 6.07 Å². The molecule has 1 aromatic rings. The second-order valence-corrected chi connectivity index (χ2v) is 5.10. The van der Waals surface area contributed by atoms with Crippen LogP contribution in [0.3, 0.4) is 0 Å². The molecule has 3 N–H and O–H groups in total. The molecule has 2 rings (SSSR count). The van der Waals surface area contributed by atoms with Crippen LogP contribution in [0.2, 0.25) is 0 Å². The standard InChI is InChI=1S/C13H18N2O4S/c1-17-7-8(14)13(16)15-9-5-10-11(6-12(9)20-2)19-4-3-18-10/h5-6,8H,3-4,7,14H2,1-2H3,(H,15,16). The highest BCUT2D eigenvalue weighted by atomic mass is 32.2. The van der Waals surface area contributed by atoms with E-state index in [1.807, 2.05) is 12.3 Å². The van der Waals surface area contributed by atoms with Crippen LogP contribution in [0.1, 0.15) is 0 Å². The fourth-order valence-corrected chi connectivity index (χ4v) is 2.37. The molecule has 1 unspecified atom stereocenters. The van der Waals surface area contributed by atoms with E-state index in [1.165, 1.54) is 18.9 Å². The van der Waals surface area contributed by atoms with Gasteiger partial charge in [0, 0.05) is 18.1 Å². The summed E-state index contributed by atoms with van der Waals surface area (Å²) >= 11 is 1.51. The third-order valence-electron chi connectivity index (χ3n) is 2.81. The number of amides is 1. The molecule has 0 spiro atoms. The molecule has 1 amide bonds. The Labute approximate surface area is 121 Å². The second kappa shape index (κ2) is 6.83. The number of hydrogen-bond acceptors (Lipinski definition) is 6. The molecule has 0 fully saturated rings. The Bertz CT molecular complexity index is 496. The van der Waals surface area contributed by atoms with Crippen molar-refractivity contribution in [2.24, 2.45) is 5.73 Å². The summed E-state index contributed by atoms with van der Waals surface area (Å²) in [5.41, 5.74) is 6.37. The zero-order valence-corrected chi connectivity index (χ0v) is 12.3. The monoisotopic (exact) mass is 298 g/mol. The number of thioether (sulfide) groups is 1. The van der Waals surface area contributed by atoms with Crippen molar-refractivity contribution in [3.05, 3.63) is 12.1 Å². The van der Waals surface area contributed by atoms with E-state index in [0.29, 0.717) is 30.4 Å². The first-order valence-electron chi connectivity index (χ1n) is 6.18. The van der Waals surface area contributed by atoms with Crippen LogP contribution in [-0.4, -0.2) is 45.1 Å². The maximum atomic E-state index is 11.9. The van der Waals surface area contributed by atoms with Gasteiger partial charge < -0.3 is 25.3 Å². The summed E-state index contributed by atoms with van der Waals surface area (Å²) < 4.78 is 15.9. The number of ether oxygens (including phenoxy) is 3. The summed E-state index contributed by atoms with van der Waals surface area (Å²) in [5, 5.41) is 2.80. The number of methoxy groups -OCH3 is 1. The number of nitrogens with two attached hydrogens (primary N) is 1. The summed E-state index contributed by atoms with van der Waals surface area (Å²) in [6.07, 6.45) is 1.93. The topological polar surface area (TPSA) is 82.8 Å². The first-order chi connectivity index (χ1) is 9.65. The number of rotatable bonds is 5. The van der Waals surface area contributed by atoms with Gasteiger partial charge in [-0.1, -0.05) is 0 Å². The van der Waals surface area contributed by atoms with Crippen molar-refractivity contribution >= 4 is 23.4 Å². The van der Waals surface area contributed by atoms with Crippen LogP contribution >= 0.6 is 11.8 Å². The van der Waals surface area contributed by atoms with Crippen molar-refractivity contribution in [3.8, 4) is 11.5 Å². The minimum Gasteiger partial charge on any atom is -0.486 e. The Hall–Kier alpha value is -1.44. The van der Waals surface area contributed by atoms with Crippen molar-refractivity contribution in [2.45, 2.75) is 10.9 Å². The molecule has 1 aliphatic heterocycles. The molecule has 1 aliphatic rings. The lowest BCUT2D eigenvalue weighted by Gasteiger charge is -2.21. The molecule has 0 bridgehead atoms. The van der Waals surface area contributed by atoms with E-state index in [2.05, 4.69) is 5.32 Å². The Morgan fingerprint density at radius 2 is 2.10 bits per heavy atom. The highest BCUT2D eigenvalue weighted by Gasteiger charge is 2.19. The maximum absolute atomic E-state index is 11.9.